The molecule has 0 atom stereocenters. The Labute approximate surface area is 94.5 Å². The van der Waals surface area contributed by atoms with Gasteiger partial charge in [-0.1, -0.05) is 6.92 Å². The van der Waals surface area contributed by atoms with Crippen molar-refractivity contribution in [1.82, 2.24) is 4.98 Å². The Bertz CT molecular complexity index is 535. The van der Waals surface area contributed by atoms with Crippen molar-refractivity contribution < 1.29 is 4.39 Å². The topological polar surface area (TPSA) is 24.9 Å². The molecule has 0 saturated heterocycles. The molecule has 0 radical (unpaired) electrons. The highest BCUT2D eigenvalue weighted by atomic mass is 19.1. The number of rotatable bonds is 2. The summed E-state index contributed by atoms with van der Waals surface area (Å²) in [5, 5.41) is 4.07. The maximum Gasteiger partial charge on any atom is 0.129 e. The van der Waals surface area contributed by atoms with Crippen LogP contribution in [0.15, 0.2) is 18.2 Å². The molecule has 0 saturated carbocycles. The minimum Gasteiger partial charge on any atom is -0.373 e. The summed E-state index contributed by atoms with van der Waals surface area (Å²) in [5.74, 6) is 0.601. The smallest absolute Gasteiger partial charge is 0.129 e. The molecule has 1 aromatic heterocycles. The largest absolute Gasteiger partial charge is 0.373 e. The summed E-state index contributed by atoms with van der Waals surface area (Å²) < 4.78 is 13.3. The van der Waals surface area contributed by atoms with Gasteiger partial charge < -0.3 is 5.32 Å². The van der Waals surface area contributed by atoms with Crippen LogP contribution in [0, 0.1) is 12.7 Å². The maximum absolute atomic E-state index is 13.3. The number of aromatic nitrogens is 1. The van der Waals surface area contributed by atoms with Crippen molar-refractivity contribution >= 4 is 16.7 Å². The van der Waals surface area contributed by atoms with Crippen molar-refractivity contribution in [2.45, 2.75) is 20.3 Å². The highest BCUT2D eigenvalue weighted by Gasteiger charge is 2.07. The van der Waals surface area contributed by atoms with Crippen LogP contribution in [0.4, 0.5) is 10.2 Å². The minimum absolute atomic E-state index is 0.233. The van der Waals surface area contributed by atoms with Crippen LogP contribution < -0.4 is 5.32 Å². The molecule has 0 unspecified atom stereocenters. The van der Waals surface area contributed by atoms with Crippen LogP contribution in [0.3, 0.4) is 0 Å². The fourth-order valence-corrected chi connectivity index (χ4v) is 1.94. The first kappa shape index (κ1) is 10.9. The molecule has 0 fully saturated rings. The maximum atomic E-state index is 13.3. The molecule has 1 aromatic carbocycles. The van der Waals surface area contributed by atoms with Crippen LogP contribution in [-0.4, -0.2) is 12.0 Å². The van der Waals surface area contributed by atoms with E-state index in [4.69, 9.17) is 0 Å². The average molecular weight is 218 g/mol. The van der Waals surface area contributed by atoms with Gasteiger partial charge in [-0.15, -0.1) is 0 Å². The van der Waals surface area contributed by atoms with Gasteiger partial charge in [-0.25, -0.2) is 9.37 Å². The van der Waals surface area contributed by atoms with Crippen molar-refractivity contribution in [2.75, 3.05) is 12.4 Å². The molecular weight excluding hydrogens is 203 g/mol. The Hall–Kier alpha value is -1.64. The lowest BCUT2D eigenvalue weighted by atomic mass is 10.1. The van der Waals surface area contributed by atoms with Gasteiger partial charge in [-0.2, -0.15) is 0 Å². The number of nitrogens with zero attached hydrogens (tertiary/aromatic N) is 1. The molecule has 3 heteroatoms. The molecule has 1 N–H and O–H groups in total. The lowest BCUT2D eigenvalue weighted by molar-refractivity contribution is 0.628. The fraction of sp³-hybridized carbons (Fsp3) is 0.308. The molecule has 1 heterocycles. The lowest BCUT2D eigenvalue weighted by Crippen LogP contribution is -1.99. The summed E-state index contributed by atoms with van der Waals surface area (Å²) in [7, 11) is 1.83. The highest BCUT2D eigenvalue weighted by Crippen LogP contribution is 2.24. The molecule has 0 aliphatic heterocycles. The molecule has 2 aromatic rings. The van der Waals surface area contributed by atoms with Gasteiger partial charge in [-0.3, -0.25) is 0 Å². The SMILES string of the molecule is CCc1cc2c(C)cc(F)cc2nc1NC. The van der Waals surface area contributed by atoms with Gasteiger partial charge in [0.15, 0.2) is 0 Å². The van der Waals surface area contributed by atoms with Crippen LogP contribution in [0.25, 0.3) is 10.9 Å². The first-order valence-electron chi connectivity index (χ1n) is 5.43. The number of hydrogen-bond acceptors (Lipinski definition) is 2. The number of aryl methyl sites for hydroxylation is 2. The third-order valence-corrected chi connectivity index (χ3v) is 2.80. The van der Waals surface area contributed by atoms with Crippen molar-refractivity contribution in [3.05, 3.63) is 35.1 Å². The molecule has 0 aliphatic carbocycles. The third kappa shape index (κ3) is 1.73. The van der Waals surface area contributed by atoms with Crippen molar-refractivity contribution in [1.29, 1.82) is 0 Å². The zero-order valence-electron chi connectivity index (χ0n) is 9.76. The molecule has 0 aliphatic rings. The van der Waals surface area contributed by atoms with E-state index in [1.807, 2.05) is 14.0 Å². The second-order valence-electron chi connectivity index (χ2n) is 3.89. The van der Waals surface area contributed by atoms with Crippen LogP contribution in [0.1, 0.15) is 18.1 Å². The monoisotopic (exact) mass is 218 g/mol. The van der Waals surface area contributed by atoms with E-state index in [1.165, 1.54) is 6.07 Å². The average Bonchev–Trinajstić information content (AvgIpc) is 2.27. The predicted molar refractivity (Wildman–Crippen MR) is 65.4 cm³/mol. The molecule has 2 rings (SSSR count). The van der Waals surface area contributed by atoms with Gasteiger partial charge >= 0.3 is 0 Å². The second kappa shape index (κ2) is 4.08. The molecule has 16 heavy (non-hydrogen) atoms. The van der Waals surface area contributed by atoms with Gasteiger partial charge in [0, 0.05) is 18.5 Å². The van der Waals surface area contributed by atoms with E-state index in [9.17, 15) is 4.39 Å². The summed E-state index contributed by atoms with van der Waals surface area (Å²) in [6.45, 7) is 3.99. The van der Waals surface area contributed by atoms with Crippen LogP contribution in [-0.2, 0) is 6.42 Å². The molecule has 2 nitrogen and oxygen atoms in total. The third-order valence-electron chi connectivity index (χ3n) is 2.80. The standard InChI is InChI=1S/C13H15FN2/c1-4-9-6-11-8(2)5-10(14)7-12(11)16-13(9)15-3/h5-7H,4H2,1-3H3,(H,15,16). The summed E-state index contributed by atoms with van der Waals surface area (Å²) in [6.07, 6.45) is 0.913. The van der Waals surface area contributed by atoms with Gasteiger partial charge in [0.05, 0.1) is 5.52 Å². The quantitative estimate of drug-likeness (QED) is 0.836. The zero-order valence-corrected chi connectivity index (χ0v) is 9.76. The fourth-order valence-electron chi connectivity index (χ4n) is 1.94. The summed E-state index contributed by atoms with van der Waals surface area (Å²) in [5.41, 5.74) is 2.80. The van der Waals surface area contributed by atoms with E-state index >= 15 is 0 Å². The zero-order chi connectivity index (χ0) is 11.7. The van der Waals surface area contributed by atoms with Crippen LogP contribution in [0.2, 0.25) is 0 Å². The van der Waals surface area contributed by atoms with E-state index in [-0.39, 0.29) is 5.82 Å². The molecule has 84 valence electrons. The van der Waals surface area contributed by atoms with Gasteiger partial charge in [0.2, 0.25) is 0 Å². The highest BCUT2D eigenvalue weighted by molar-refractivity contribution is 5.84. The minimum atomic E-state index is -0.233. The van der Waals surface area contributed by atoms with Crippen molar-refractivity contribution in [3.63, 3.8) is 0 Å². The van der Waals surface area contributed by atoms with Gasteiger partial charge in [0.25, 0.3) is 0 Å². The van der Waals surface area contributed by atoms with E-state index in [2.05, 4.69) is 23.3 Å². The predicted octanol–water partition coefficient (Wildman–Crippen LogP) is 3.29. The number of benzene rings is 1. The Morgan fingerprint density at radius 2 is 2.06 bits per heavy atom. The number of fused-ring (bicyclic) bond motifs is 1. The number of hydrogen-bond donors (Lipinski definition) is 1. The van der Waals surface area contributed by atoms with Gasteiger partial charge in [0.1, 0.15) is 11.6 Å². The number of nitrogens with one attached hydrogen (secondary N) is 1. The summed E-state index contributed by atoms with van der Waals surface area (Å²) >= 11 is 0. The number of halogens is 1. The van der Waals surface area contributed by atoms with Gasteiger partial charge in [-0.05, 0) is 36.6 Å². The van der Waals surface area contributed by atoms with Crippen molar-refractivity contribution in [3.8, 4) is 0 Å². The number of anilines is 1. The Morgan fingerprint density at radius 3 is 2.69 bits per heavy atom. The Balaban J connectivity index is 2.78. The van der Waals surface area contributed by atoms with Crippen molar-refractivity contribution in [2.24, 2.45) is 0 Å². The van der Waals surface area contributed by atoms with E-state index < -0.39 is 0 Å². The normalized spacial score (nSPS) is 10.8. The second-order valence-corrected chi connectivity index (χ2v) is 3.89. The molecule has 0 bridgehead atoms. The van der Waals surface area contributed by atoms with Crippen LogP contribution in [0.5, 0.6) is 0 Å². The van der Waals surface area contributed by atoms with E-state index in [1.54, 1.807) is 6.07 Å². The Morgan fingerprint density at radius 1 is 1.31 bits per heavy atom. The number of pyridine rings is 1. The first-order chi connectivity index (χ1) is 7.65. The van der Waals surface area contributed by atoms with E-state index in [0.717, 1.165) is 28.8 Å². The molecular formula is C13H15FN2. The summed E-state index contributed by atoms with van der Waals surface area (Å²) in [6, 6.07) is 5.11. The summed E-state index contributed by atoms with van der Waals surface area (Å²) in [4.78, 5) is 4.44. The lowest BCUT2D eigenvalue weighted by Gasteiger charge is -2.10. The van der Waals surface area contributed by atoms with Crippen LogP contribution >= 0.6 is 0 Å². The Kier molecular flexibility index (Phi) is 2.77. The molecule has 0 amide bonds. The molecule has 0 spiro atoms. The first-order valence-corrected chi connectivity index (χ1v) is 5.43. The van der Waals surface area contributed by atoms with E-state index in [0.29, 0.717) is 5.52 Å².